The van der Waals surface area contributed by atoms with Crippen LogP contribution in [-0.2, 0) is 10.8 Å². The Morgan fingerprint density at radius 1 is 0.355 bits per heavy atom. The van der Waals surface area contributed by atoms with Crippen molar-refractivity contribution in [1.29, 1.82) is 0 Å². The summed E-state index contributed by atoms with van der Waals surface area (Å²) in [6.07, 6.45) is 18.6. The van der Waals surface area contributed by atoms with Crippen molar-refractivity contribution in [3.05, 3.63) is 150 Å². The van der Waals surface area contributed by atoms with Gasteiger partial charge >= 0.3 is 0 Å². The molecule has 314 valence electrons. The molecule has 62 heavy (non-hydrogen) atoms. The van der Waals surface area contributed by atoms with Crippen LogP contribution in [0.4, 0.5) is 0 Å². The van der Waals surface area contributed by atoms with E-state index in [0.717, 1.165) is 27.8 Å². The molecule has 0 spiro atoms. The molecule has 2 aliphatic rings. The average molecular weight is 816 g/mol. The maximum absolute atomic E-state index is 5.17. The molecule has 5 nitrogen and oxygen atoms in total. The van der Waals surface area contributed by atoms with Crippen molar-refractivity contribution in [3.63, 3.8) is 0 Å². The number of hydrogen-bond acceptors (Lipinski definition) is 5. The first-order chi connectivity index (χ1) is 29.9. The van der Waals surface area contributed by atoms with E-state index in [1.807, 2.05) is 12.4 Å². The van der Waals surface area contributed by atoms with Crippen LogP contribution < -0.4 is 0 Å². The quantitative estimate of drug-likeness (QED) is 0.153. The van der Waals surface area contributed by atoms with Gasteiger partial charge in [0.25, 0.3) is 0 Å². The molecular weight excluding hydrogens is 755 g/mol. The van der Waals surface area contributed by atoms with E-state index in [1.165, 1.54) is 97.6 Å². The second kappa shape index (κ2) is 17.5. The van der Waals surface area contributed by atoms with Crippen LogP contribution in [0.3, 0.4) is 0 Å². The predicted molar refractivity (Wildman–Crippen MR) is 257 cm³/mol. The zero-order chi connectivity index (χ0) is 42.8. The van der Waals surface area contributed by atoms with Gasteiger partial charge in [-0.3, -0.25) is 0 Å². The fraction of sp³-hybridized carbons (Fsp3) is 0.351. The van der Waals surface area contributed by atoms with Crippen LogP contribution in [0, 0.1) is 0 Å². The average Bonchev–Trinajstić information content (AvgIpc) is 3.31. The third-order valence-corrected chi connectivity index (χ3v) is 13.4. The third kappa shape index (κ3) is 9.33. The molecule has 0 amide bonds. The van der Waals surface area contributed by atoms with Crippen LogP contribution in [0.15, 0.2) is 128 Å². The van der Waals surface area contributed by atoms with Crippen LogP contribution in [0.5, 0.6) is 0 Å². The Morgan fingerprint density at radius 3 is 1.06 bits per heavy atom. The first-order valence-electron chi connectivity index (χ1n) is 23.1. The molecule has 2 aromatic heterocycles. The SMILES string of the molecule is CC(C)(C)c1cc(-c2ccc(-c3nc(-c4ccc(-c5cncnc5)cc4)nc(-c4ccc(-c5cc(C6CCCCC6)cc(C6CCCCC6)c5)cc4)n3)cc2)cc(C(C)(C)C)c1. The minimum absolute atomic E-state index is 0.0375. The maximum Gasteiger partial charge on any atom is 0.164 e. The summed E-state index contributed by atoms with van der Waals surface area (Å²) in [6.45, 7) is 13.7. The van der Waals surface area contributed by atoms with E-state index in [0.29, 0.717) is 29.3 Å². The molecule has 5 heteroatoms. The predicted octanol–water partition coefficient (Wildman–Crippen LogP) is 15.4. The molecule has 0 aliphatic heterocycles. The number of rotatable bonds is 8. The topological polar surface area (TPSA) is 64.5 Å². The van der Waals surface area contributed by atoms with Gasteiger partial charge in [0.1, 0.15) is 6.33 Å². The first kappa shape index (κ1) is 41.5. The van der Waals surface area contributed by atoms with E-state index in [4.69, 9.17) is 15.0 Å². The molecule has 0 saturated heterocycles. The molecule has 2 fully saturated rings. The van der Waals surface area contributed by atoms with Gasteiger partial charge in [0, 0.05) is 34.6 Å². The first-order valence-corrected chi connectivity index (χ1v) is 23.1. The zero-order valence-electron chi connectivity index (χ0n) is 37.6. The summed E-state index contributed by atoms with van der Waals surface area (Å²) >= 11 is 0. The van der Waals surface area contributed by atoms with Crippen LogP contribution >= 0.6 is 0 Å². The van der Waals surface area contributed by atoms with Crippen molar-refractivity contribution < 1.29 is 0 Å². The van der Waals surface area contributed by atoms with E-state index < -0.39 is 0 Å². The van der Waals surface area contributed by atoms with Gasteiger partial charge < -0.3 is 0 Å². The molecule has 2 heterocycles. The van der Waals surface area contributed by atoms with E-state index in [-0.39, 0.29) is 10.8 Å². The van der Waals surface area contributed by atoms with E-state index in [1.54, 1.807) is 17.5 Å². The van der Waals surface area contributed by atoms with Crippen LogP contribution in [0.2, 0.25) is 0 Å². The molecule has 2 aliphatic carbocycles. The Balaban J connectivity index is 1.09. The van der Waals surface area contributed by atoms with Crippen molar-refractivity contribution >= 4 is 0 Å². The van der Waals surface area contributed by atoms with Gasteiger partial charge in [-0.25, -0.2) is 24.9 Å². The van der Waals surface area contributed by atoms with Crippen molar-refractivity contribution in [2.24, 2.45) is 0 Å². The molecule has 0 N–H and O–H groups in total. The summed E-state index contributed by atoms with van der Waals surface area (Å²) in [5.41, 5.74) is 15.7. The lowest BCUT2D eigenvalue weighted by Crippen LogP contribution is -2.16. The van der Waals surface area contributed by atoms with Gasteiger partial charge in [-0.2, -0.15) is 0 Å². The Labute approximate surface area is 369 Å². The minimum Gasteiger partial charge on any atom is -0.244 e. The summed E-state index contributed by atoms with van der Waals surface area (Å²) in [5, 5.41) is 0. The molecule has 0 radical (unpaired) electrons. The lowest BCUT2D eigenvalue weighted by molar-refractivity contribution is 0.435. The summed E-state index contributed by atoms with van der Waals surface area (Å²) in [7, 11) is 0. The summed E-state index contributed by atoms with van der Waals surface area (Å²) in [5.74, 6) is 3.29. The van der Waals surface area contributed by atoms with Crippen LogP contribution in [0.1, 0.15) is 140 Å². The smallest absolute Gasteiger partial charge is 0.164 e. The summed E-state index contributed by atoms with van der Waals surface area (Å²) in [6, 6.07) is 40.6. The van der Waals surface area contributed by atoms with Crippen molar-refractivity contribution in [2.75, 3.05) is 0 Å². The van der Waals surface area contributed by atoms with Crippen LogP contribution in [0.25, 0.3) is 67.5 Å². The molecular formula is C57H61N5. The molecule has 0 atom stereocenters. The van der Waals surface area contributed by atoms with Crippen molar-refractivity contribution in [3.8, 4) is 67.5 Å². The summed E-state index contributed by atoms with van der Waals surface area (Å²) < 4.78 is 0. The maximum atomic E-state index is 5.17. The molecule has 7 aromatic rings. The van der Waals surface area contributed by atoms with Crippen molar-refractivity contribution in [2.45, 2.75) is 128 Å². The zero-order valence-corrected chi connectivity index (χ0v) is 37.6. The number of hydrogen-bond donors (Lipinski definition) is 0. The van der Waals surface area contributed by atoms with Gasteiger partial charge in [-0.15, -0.1) is 0 Å². The fourth-order valence-corrected chi connectivity index (χ4v) is 9.49. The summed E-state index contributed by atoms with van der Waals surface area (Å²) in [4.78, 5) is 23.9. The van der Waals surface area contributed by atoms with Gasteiger partial charge in [0.2, 0.25) is 0 Å². The van der Waals surface area contributed by atoms with Crippen molar-refractivity contribution in [1.82, 2.24) is 24.9 Å². The van der Waals surface area contributed by atoms with Gasteiger partial charge in [0.15, 0.2) is 17.5 Å². The van der Waals surface area contributed by atoms with Crippen LogP contribution in [-0.4, -0.2) is 24.9 Å². The number of nitrogens with zero attached hydrogens (tertiary/aromatic N) is 5. The normalized spacial score (nSPS) is 15.5. The number of aromatic nitrogens is 5. The Morgan fingerprint density at radius 2 is 0.694 bits per heavy atom. The lowest BCUT2D eigenvalue weighted by atomic mass is 9.78. The minimum atomic E-state index is 0.0375. The highest BCUT2D eigenvalue weighted by atomic mass is 15.0. The van der Waals surface area contributed by atoms with E-state index >= 15 is 0 Å². The number of benzene rings is 5. The highest BCUT2D eigenvalue weighted by molar-refractivity contribution is 5.74. The molecule has 9 rings (SSSR count). The lowest BCUT2D eigenvalue weighted by Gasteiger charge is -2.27. The Bertz CT molecular complexity index is 2550. The Hall–Kier alpha value is -5.81. The third-order valence-electron chi connectivity index (χ3n) is 13.4. The van der Waals surface area contributed by atoms with Gasteiger partial charge in [-0.1, -0.05) is 189 Å². The second-order valence-corrected chi connectivity index (χ2v) is 20.0. The Kier molecular flexibility index (Phi) is 11.7. The molecule has 0 unspecified atom stereocenters. The molecule has 2 saturated carbocycles. The van der Waals surface area contributed by atoms with E-state index in [2.05, 4.69) is 161 Å². The monoisotopic (exact) mass is 815 g/mol. The standard InChI is InChI=1S/C57H61N5/c1-56(2,3)51-32-49(33-52(34-51)57(4,5)6)41-19-25-44(26-20-41)54-60-53(61-55(62-54)45-27-21-42(22-28-45)50-35-58-37-59-36-50)43-23-17-40(18-24-43)48-30-46(38-13-9-7-10-14-38)29-47(31-48)39-15-11-8-12-16-39/h17-39H,7-16H2,1-6H3. The highest BCUT2D eigenvalue weighted by Gasteiger charge is 2.23. The van der Waals surface area contributed by atoms with Gasteiger partial charge in [-0.05, 0) is 98.4 Å². The highest BCUT2D eigenvalue weighted by Crippen LogP contribution is 2.41. The fourth-order valence-electron chi connectivity index (χ4n) is 9.49. The molecule has 0 bridgehead atoms. The largest absolute Gasteiger partial charge is 0.244 e. The second-order valence-electron chi connectivity index (χ2n) is 20.0. The molecule has 5 aromatic carbocycles. The van der Waals surface area contributed by atoms with E-state index in [9.17, 15) is 0 Å². The van der Waals surface area contributed by atoms with Gasteiger partial charge in [0.05, 0.1) is 0 Å².